The average molecular weight is 193 g/mol. The first kappa shape index (κ1) is 9.71. The Labute approximate surface area is 85.5 Å². The van der Waals surface area contributed by atoms with Gasteiger partial charge < -0.3 is 5.32 Å². The minimum Gasteiger partial charge on any atom is -0.311 e. The van der Waals surface area contributed by atoms with Gasteiger partial charge in [-0.25, -0.2) is 0 Å². The Morgan fingerprint density at radius 3 is 2.79 bits per heavy atom. The highest BCUT2D eigenvalue weighted by Crippen LogP contribution is 2.44. The van der Waals surface area contributed by atoms with Gasteiger partial charge in [-0.15, -0.1) is 0 Å². The third-order valence-electron chi connectivity index (χ3n) is 3.06. The quantitative estimate of drug-likeness (QED) is 0.787. The van der Waals surface area contributed by atoms with Gasteiger partial charge in [-0.3, -0.25) is 4.68 Å². The molecule has 0 aromatic carbocycles. The second-order valence-electron chi connectivity index (χ2n) is 4.81. The summed E-state index contributed by atoms with van der Waals surface area (Å²) in [5.41, 5.74) is 2.96. The lowest BCUT2D eigenvalue weighted by Crippen LogP contribution is -2.22. The summed E-state index contributed by atoms with van der Waals surface area (Å²) >= 11 is 0. The van der Waals surface area contributed by atoms with E-state index in [1.807, 2.05) is 18.7 Å². The van der Waals surface area contributed by atoms with Gasteiger partial charge in [-0.05, 0) is 31.2 Å². The third kappa shape index (κ3) is 2.15. The number of aryl methyl sites for hydroxylation is 2. The second kappa shape index (κ2) is 3.39. The Morgan fingerprint density at radius 1 is 1.57 bits per heavy atom. The molecule has 14 heavy (non-hydrogen) atoms. The van der Waals surface area contributed by atoms with Gasteiger partial charge in [0.05, 0.1) is 11.4 Å². The number of nitrogens with one attached hydrogen (secondary N) is 1. The molecule has 1 saturated carbocycles. The minimum absolute atomic E-state index is 0.591. The van der Waals surface area contributed by atoms with E-state index in [0.29, 0.717) is 5.41 Å². The Bertz CT molecular complexity index is 323. The third-order valence-corrected chi connectivity index (χ3v) is 3.06. The van der Waals surface area contributed by atoms with E-state index in [4.69, 9.17) is 0 Å². The molecule has 0 radical (unpaired) electrons. The van der Waals surface area contributed by atoms with Crippen LogP contribution in [0.25, 0.3) is 0 Å². The van der Waals surface area contributed by atoms with Crippen LogP contribution in [0.15, 0.2) is 6.07 Å². The normalized spacial score (nSPS) is 18.5. The molecule has 3 heteroatoms. The SMILES string of the molecule is Cc1cc(CNCC2(C)CC2)n(C)n1. The lowest BCUT2D eigenvalue weighted by molar-refractivity contribution is 0.490. The Kier molecular flexibility index (Phi) is 2.35. The van der Waals surface area contributed by atoms with Gasteiger partial charge >= 0.3 is 0 Å². The van der Waals surface area contributed by atoms with Crippen LogP contribution in [0.4, 0.5) is 0 Å². The summed E-state index contributed by atoms with van der Waals surface area (Å²) in [4.78, 5) is 0. The Balaban J connectivity index is 1.82. The molecule has 1 fully saturated rings. The van der Waals surface area contributed by atoms with E-state index in [-0.39, 0.29) is 0 Å². The molecule has 1 aliphatic rings. The van der Waals surface area contributed by atoms with Gasteiger partial charge in [-0.1, -0.05) is 6.92 Å². The molecular formula is C11H19N3. The molecule has 1 aliphatic carbocycles. The molecule has 2 rings (SSSR count). The maximum atomic E-state index is 4.32. The van der Waals surface area contributed by atoms with Gasteiger partial charge in [0.25, 0.3) is 0 Å². The highest BCUT2D eigenvalue weighted by Gasteiger charge is 2.36. The molecule has 0 saturated heterocycles. The monoisotopic (exact) mass is 193 g/mol. The molecule has 78 valence electrons. The minimum atomic E-state index is 0.591. The van der Waals surface area contributed by atoms with Crippen LogP contribution in [-0.2, 0) is 13.6 Å². The summed E-state index contributed by atoms with van der Waals surface area (Å²) in [5.74, 6) is 0. The fourth-order valence-corrected chi connectivity index (χ4v) is 1.71. The van der Waals surface area contributed by atoms with E-state index < -0.39 is 0 Å². The molecule has 1 heterocycles. The van der Waals surface area contributed by atoms with Gasteiger partial charge in [0.15, 0.2) is 0 Å². The van der Waals surface area contributed by atoms with Gasteiger partial charge in [0, 0.05) is 20.1 Å². The first-order valence-corrected chi connectivity index (χ1v) is 5.29. The molecule has 0 aliphatic heterocycles. The summed E-state index contributed by atoms with van der Waals surface area (Å²) in [6, 6.07) is 2.14. The van der Waals surface area contributed by atoms with Crippen molar-refractivity contribution in [3.05, 3.63) is 17.5 Å². The molecule has 0 spiro atoms. The van der Waals surface area contributed by atoms with E-state index in [0.717, 1.165) is 18.8 Å². The molecular weight excluding hydrogens is 174 g/mol. The molecule has 0 unspecified atom stereocenters. The molecule has 3 nitrogen and oxygen atoms in total. The van der Waals surface area contributed by atoms with Crippen LogP contribution in [0.1, 0.15) is 31.2 Å². The number of rotatable bonds is 4. The first-order chi connectivity index (χ1) is 6.59. The molecule has 1 N–H and O–H groups in total. The van der Waals surface area contributed by atoms with Crippen LogP contribution >= 0.6 is 0 Å². The lowest BCUT2D eigenvalue weighted by Gasteiger charge is -2.09. The summed E-state index contributed by atoms with van der Waals surface area (Å²) in [5, 5.41) is 7.82. The molecule has 0 bridgehead atoms. The Hall–Kier alpha value is -0.830. The van der Waals surface area contributed by atoms with E-state index in [1.54, 1.807) is 0 Å². The summed E-state index contributed by atoms with van der Waals surface area (Å²) in [7, 11) is 2.00. The number of aromatic nitrogens is 2. The zero-order chi connectivity index (χ0) is 10.2. The average Bonchev–Trinajstić information content (AvgIpc) is 2.73. The van der Waals surface area contributed by atoms with Crippen molar-refractivity contribution >= 4 is 0 Å². The lowest BCUT2D eigenvalue weighted by atomic mass is 10.1. The zero-order valence-electron chi connectivity index (χ0n) is 9.30. The molecule has 1 aromatic heterocycles. The van der Waals surface area contributed by atoms with Crippen molar-refractivity contribution in [2.45, 2.75) is 33.2 Å². The van der Waals surface area contributed by atoms with E-state index >= 15 is 0 Å². The largest absolute Gasteiger partial charge is 0.311 e. The van der Waals surface area contributed by atoms with E-state index in [1.165, 1.54) is 18.5 Å². The van der Waals surface area contributed by atoms with Crippen molar-refractivity contribution in [2.24, 2.45) is 12.5 Å². The summed E-state index contributed by atoms with van der Waals surface area (Å²) in [6.45, 7) is 6.45. The number of hydrogen-bond donors (Lipinski definition) is 1. The van der Waals surface area contributed by atoms with Gasteiger partial charge in [0.2, 0.25) is 0 Å². The predicted octanol–water partition coefficient (Wildman–Crippen LogP) is 1.62. The summed E-state index contributed by atoms with van der Waals surface area (Å²) in [6.07, 6.45) is 2.76. The van der Waals surface area contributed by atoms with Crippen molar-refractivity contribution in [3.8, 4) is 0 Å². The topological polar surface area (TPSA) is 29.9 Å². The summed E-state index contributed by atoms with van der Waals surface area (Å²) < 4.78 is 1.96. The Morgan fingerprint density at radius 2 is 2.29 bits per heavy atom. The fourth-order valence-electron chi connectivity index (χ4n) is 1.71. The first-order valence-electron chi connectivity index (χ1n) is 5.29. The van der Waals surface area contributed by atoms with Crippen LogP contribution < -0.4 is 5.32 Å². The van der Waals surface area contributed by atoms with E-state index in [2.05, 4.69) is 23.4 Å². The highest BCUT2D eigenvalue weighted by atomic mass is 15.3. The van der Waals surface area contributed by atoms with Crippen molar-refractivity contribution in [1.29, 1.82) is 0 Å². The zero-order valence-corrected chi connectivity index (χ0v) is 9.30. The van der Waals surface area contributed by atoms with Crippen molar-refractivity contribution < 1.29 is 0 Å². The molecule has 0 amide bonds. The van der Waals surface area contributed by atoms with Crippen LogP contribution in [0.5, 0.6) is 0 Å². The predicted molar refractivity (Wildman–Crippen MR) is 57.0 cm³/mol. The van der Waals surface area contributed by atoms with Crippen LogP contribution in [-0.4, -0.2) is 16.3 Å². The van der Waals surface area contributed by atoms with Crippen molar-refractivity contribution in [3.63, 3.8) is 0 Å². The maximum absolute atomic E-state index is 4.32. The smallest absolute Gasteiger partial charge is 0.0597 e. The van der Waals surface area contributed by atoms with Crippen molar-refractivity contribution in [2.75, 3.05) is 6.54 Å². The number of nitrogens with zero attached hydrogens (tertiary/aromatic N) is 2. The van der Waals surface area contributed by atoms with Crippen molar-refractivity contribution in [1.82, 2.24) is 15.1 Å². The highest BCUT2D eigenvalue weighted by molar-refractivity contribution is 5.08. The second-order valence-corrected chi connectivity index (χ2v) is 4.81. The van der Waals surface area contributed by atoms with Gasteiger partial charge in [0.1, 0.15) is 0 Å². The van der Waals surface area contributed by atoms with Crippen LogP contribution in [0.3, 0.4) is 0 Å². The molecule has 0 atom stereocenters. The molecule has 1 aromatic rings. The van der Waals surface area contributed by atoms with Crippen LogP contribution in [0, 0.1) is 12.3 Å². The standard InChI is InChI=1S/C11H19N3/c1-9-6-10(14(3)13-9)7-12-8-11(2)4-5-11/h6,12H,4-5,7-8H2,1-3H3. The van der Waals surface area contributed by atoms with Gasteiger partial charge in [-0.2, -0.15) is 5.10 Å². The van der Waals surface area contributed by atoms with Crippen LogP contribution in [0.2, 0.25) is 0 Å². The fraction of sp³-hybridized carbons (Fsp3) is 0.727. The van der Waals surface area contributed by atoms with E-state index in [9.17, 15) is 0 Å². The number of hydrogen-bond acceptors (Lipinski definition) is 2. The maximum Gasteiger partial charge on any atom is 0.0597 e.